The summed E-state index contributed by atoms with van der Waals surface area (Å²) in [6, 6.07) is 18.4. The topological polar surface area (TPSA) is 57.5 Å². The molecule has 0 spiro atoms. The van der Waals surface area contributed by atoms with E-state index in [0.717, 1.165) is 0 Å². The molecule has 1 aliphatic rings. The highest BCUT2D eigenvalue weighted by molar-refractivity contribution is 6.10. The Kier molecular flexibility index (Phi) is 4.75. The van der Waals surface area contributed by atoms with Gasteiger partial charge in [0.1, 0.15) is 19.0 Å². The first-order valence-electron chi connectivity index (χ1n) is 9.92. The number of benzene rings is 3. The third-order valence-corrected chi connectivity index (χ3v) is 5.32. The first kappa shape index (κ1) is 19.1. The molecular formula is C25H18FNO4. The van der Waals surface area contributed by atoms with Crippen molar-refractivity contribution in [2.45, 2.75) is 6.54 Å². The van der Waals surface area contributed by atoms with Gasteiger partial charge in [0.2, 0.25) is 5.43 Å². The van der Waals surface area contributed by atoms with Gasteiger partial charge in [-0.15, -0.1) is 0 Å². The van der Waals surface area contributed by atoms with Gasteiger partial charge in [0.15, 0.2) is 17.3 Å². The van der Waals surface area contributed by atoms with E-state index in [1.807, 2.05) is 0 Å². The van der Waals surface area contributed by atoms with E-state index in [0.29, 0.717) is 46.7 Å². The van der Waals surface area contributed by atoms with Crippen LogP contribution in [0.1, 0.15) is 21.5 Å². The van der Waals surface area contributed by atoms with Crippen LogP contribution in [0.4, 0.5) is 4.39 Å². The molecule has 0 unspecified atom stereocenters. The number of hydrogen-bond donors (Lipinski definition) is 0. The molecule has 5 rings (SSSR count). The highest BCUT2D eigenvalue weighted by atomic mass is 19.1. The van der Waals surface area contributed by atoms with Gasteiger partial charge in [-0.1, -0.05) is 48.5 Å². The zero-order chi connectivity index (χ0) is 21.4. The minimum Gasteiger partial charge on any atom is -0.486 e. The average molecular weight is 415 g/mol. The van der Waals surface area contributed by atoms with Crippen LogP contribution < -0.4 is 14.9 Å². The lowest BCUT2D eigenvalue weighted by Gasteiger charge is -2.21. The molecule has 0 fully saturated rings. The van der Waals surface area contributed by atoms with E-state index in [1.165, 1.54) is 12.3 Å². The number of ether oxygens (including phenoxy) is 2. The molecule has 3 aromatic carbocycles. The Labute approximate surface area is 177 Å². The molecular weight excluding hydrogens is 397 g/mol. The maximum absolute atomic E-state index is 14.4. The first-order valence-corrected chi connectivity index (χ1v) is 9.92. The minimum atomic E-state index is -0.398. The highest BCUT2D eigenvalue weighted by Crippen LogP contribution is 2.34. The van der Waals surface area contributed by atoms with Crippen molar-refractivity contribution in [3.63, 3.8) is 0 Å². The van der Waals surface area contributed by atoms with Crippen LogP contribution in [0.25, 0.3) is 10.9 Å². The summed E-state index contributed by atoms with van der Waals surface area (Å²) in [6.45, 7) is 0.934. The van der Waals surface area contributed by atoms with Crippen LogP contribution in [0.3, 0.4) is 0 Å². The smallest absolute Gasteiger partial charge is 0.200 e. The molecule has 5 nitrogen and oxygen atoms in total. The molecule has 1 aliphatic heterocycles. The second kappa shape index (κ2) is 7.72. The van der Waals surface area contributed by atoms with Crippen molar-refractivity contribution in [1.29, 1.82) is 0 Å². The summed E-state index contributed by atoms with van der Waals surface area (Å²) in [5, 5.41) is 0.322. The predicted octanol–water partition coefficient (Wildman–Crippen LogP) is 4.19. The molecule has 0 atom stereocenters. The summed E-state index contributed by atoms with van der Waals surface area (Å²) in [5.74, 6) is 0.229. The Morgan fingerprint density at radius 1 is 0.935 bits per heavy atom. The van der Waals surface area contributed by atoms with E-state index in [2.05, 4.69) is 0 Å². The van der Waals surface area contributed by atoms with Crippen LogP contribution >= 0.6 is 0 Å². The van der Waals surface area contributed by atoms with Gasteiger partial charge in [-0.2, -0.15) is 0 Å². The molecule has 0 aliphatic carbocycles. The van der Waals surface area contributed by atoms with Gasteiger partial charge < -0.3 is 14.0 Å². The quantitative estimate of drug-likeness (QED) is 0.469. The molecule has 4 aromatic rings. The van der Waals surface area contributed by atoms with Gasteiger partial charge in [-0.3, -0.25) is 9.59 Å². The lowest BCUT2D eigenvalue weighted by atomic mass is 10.0. The van der Waals surface area contributed by atoms with Gasteiger partial charge in [-0.05, 0) is 12.1 Å². The zero-order valence-electron chi connectivity index (χ0n) is 16.5. The van der Waals surface area contributed by atoms with Gasteiger partial charge in [0, 0.05) is 23.4 Å². The Morgan fingerprint density at radius 2 is 1.61 bits per heavy atom. The first-order chi connectivity index (χ1) is 15.1. The van der Waals surface area contributed by atoms with Crippen LogP contribution in [0, 0.1) is 5.82 Å². The summed E-state index contributed by atoms with van der Waals surface area (Å²) >= 11 is 0. The van der Waals surface area contributed by atoms with Crippen LogP contribution in [0.2, 0.25) is 0 Å². The molecule has 0 bridgehead atoms. The molecule has 0 radical (unpaired) electrons. The lowest BCUT2D eigenvalue weighted by molar-refractivity contribution is 0.103. The molecule has 154 valence electrons. The van der Waals surface area contributed by atoms with Crippen LogP contribution in [-0.2, 0) is 6.54 Å². The summed E-state index contributed by atoms with van der Waals surface area (Å²) in [6.07, 6.45) is 1.50. The maximum atomic E-state index is 14.4. The van der Waals surface area contributed by atoms with Crippen LogP contribution in [0.5, 0.6) is 11.5 Å². The largest absolute Gasteiger partial charge is 0.486 e. The summed E-state index contributed by atoms with van der Waals surface area (Å²) in [5.41, 5.74) is 1.02. The standard InChI is InChI=1S/C25H18FNO4/c26-20-9-5-4-8-17(20)14-27-15-19(24(28)16-6-2-1-3-7-16)25(29)18-12-22-23(13-21(18)27)31-11-10-30-22/h1-9,12-13,15H,10-11,14H2. The Bertz CT molecular complexity index is 1360. The predicted molar refractivity (Wildman–Crippen MR) is 115 cm³/mol. The number of aromatic nitrogens is 1. The van der Waals surface area contributed by atoms with Crippen molar-refractivity contribution >= 4 is 16.7 Å². The van der Waals surface area contributed by atoms with Crippen LogP contribution in [-0.4, -0.2) is 23.6 Å². The second-order valence-electron chi connectivity index (χ2n) is 7.30. The molecule has 6 heteroatoms. The minimum absolute atomic E-state index is 0.0201. The van der Waals surface area contributed by atoms with Crippen LogP contribution in [0.15, 0.2) is 77.7 Å². The van der Waals surface area contributed by atoms with Crippen molar-refractivity contribution in [2.24, 2.45) is 0 Å². The third kappa shape index (κ3) is 3.46. The summed E-state index contributed by atoms with van der Waals surface area (Å²) < 4.78 is 27.4. The summed E-state index contributed by atoms with van der Waals surface area (Å²) in [4.78, 5) is 26.4. The van der Waals surface area contributed by atoms with E-state index in [1.54, 1.807) is 65.2 Å². The fourth-order valence-corrected chi connectivity index (χ4v) is 3.77. The fraction of sp³-hybridized carbons (Fsp3) is 0.120. The van der Waals surface area contributed by atoms with Gasteiger partial charge >= 0.3 is 0 Å². The average Bonchev–Trinajstić information content (AvgIpc) is 2.81. The number of carbonyl (C=O) groups excluding carboxylic acids is 1. The van der Waals surface area contributed by atoms with Crippen molar-refractivity contribution in [1.82, 2.24) is 4.57 Å². The molecule has 31 heavy (non-hydrogen) atoms. The lowest BCUT2D eigenvalue weighted by Crippen LogP contribution is -2.21. The number of nitrogens with zero attached hydrogens (tertiary/aromatic N) is 1. The van der Waals surface area contributed by atoms with Gasteiger partial charge in [-0.25, -0.2) is 4.39 Å². The molecule has 0 N–H and O–H groups in total. The SMILES string of the molecule is O=C(c1ccccc1)c1cn(Cc2ccccc2F)c2cc3c(cc2c1=O)OCCO3. The second-order valence-corrected chi connectivity index (χ2v) is 7.30. The fourth-order valence-electron chi connectivity index (χ4n) is 3.77. The van der Waals surface area contributed by atoms with E-state index in [4.69, 9.17) is 9.47 Å². The molecule has 0 saturated carbocycles. The summed E-state index contributed by atoms with van der Waals surface area (Å²) in [7, 11) is 0. The van der Waals surface area contributed by atoms with E-state index in [-0.39, 0.29) is 23.7 Å². The number of pyridine rings is 1. The zero-order valence-corrected chi connectivity index (χ0v) is 16.5. The van der Waals surface area contributed by atoms with Gasteiger partial charge in [0.25, 0.3) is 0 Å². The van der Waals surface area contributed by atoms with Crippen molar-refractivity contribution in [3.8, 4) is 11.5 Å². The highest BCUT2D eigenvalue weighted by Gasteiger charge is 2.21. The number of halogens is 1. The number of ketones is 1. The third-order valence-electron chi connectivity index (χ3n) is 5.32. The van der Waals surface area contributed by atoms with Gasteiger partial charge in [0.05, 0.1) is 23.0 Å². The van der Waals surface area contributed by atoms with Crippen molar-refractivity contribution in [3.05, 3.63) is 106 Å². The maximum Gasteiger partial charge on any atom is 0.200 e. The molecule has 2 heterocycles. The van der Waals surface area contributed by atoms with E-state index in [9.17, 15) is 14.0 Å². The van der Waals surface area contributed by atoms with E-state index >= 15 is 0 Å². The number of carbonyl (C=O) groups is 1. The Balaban J connectivity index is 1.74. The number of fused-ring (bicyclic) bond motifs is 2. The molecule has 0 amide bonds. The van der Waals surface area contributed by atoms with Crippen molar-refractivity contribution in [2.75, 3.05) is 13.2 Å². The van der Waals surface area contributed by atoms with E-state index < -0.39 is 5.43 Å². The Morgan fingerprint density at radius 3 is 2.35 bits per heavy atom. The van der Waals surface area contributed by atoms with Crippen molar-refractivity contribution < 1.29 is 18.7 Å². The normalized spacial score (nSPS) is 12.7. The molecule has 0 saturated heterocycles. The monoisotopic (exact) mass is 415 g/mol. The number of rotatable bonds is 4. The Hall–Kier alpha value is -3.93. The molecule has 1 aromatic heterocycles. The number of hydrogen-bond acceptors (Lipinski definition) is 4.